The zero-order valence-electron chi connectivity index (χ0n) is 14.5. The van der Waals surface area contributed by atoms with Crippen molar-refractivity contribution in [2.24, 2.45) is 0 Å². The van der Waals surface area contributed by atoms with Gasteiger partial charge in [-0.2, -0.15) is 0 Å². The Morgan fingerprint density at radius 2 is 1.36 bits per heavy atom. The second-order valence-electron chi connectivity index (χ2n) is 6.15. The van der Waals surface area contributed by atoms with Crippen LogP contribution in [0, 0.1) is 0 Å². The lowest BCUT2D eigenvalue weighted by Gasteiger charge is -2.04. The topological polar surface area (TPSA) is 54.4 Å². The van der Waals surface area contributed by atoms with Gasteiger partial charge in [0.15, 0.2) is 5.78 Å². The van der Waals surface area contributed by atoms with Crippen molar-refractivity contribution in [1.29, 1.82) is 0 Å². The molecule has 0 heterocycles. The van der Waals surface area contributed by atoms with E-state index in [1.807, 2.05) is 0 Å². The lowest BCUT2D eigenvalue weighted by atomic mass is 10.0. The molecule has 0 rings (SSSR count). The summed E-state index contributed by atoms with van der Waals surface area (Å²) in [6.45, 7) is 3.88. The minimum Gasteiger partial charge on any atom is -0.481 e. The lowest BCUT2D eigenvalue weighted by molar-refractivity contribution is -0.137. The maximum Gasteiger partial charge on any atom is 0.303 e. The predicted octanol–water partition coefficient (Wildman–Crippen LogP) is 5.68. The Labute approximate surface area is 136 Å². The number of hydrogen-bond acceptors (Lipinski definition) is 2. The van der Waals surface area contributed by atoms with Crippen molar-refractivity contribution in [3.05, 3.63) is 11.6 Å². The highest BCUT2D eigenvalue weighted by Gasteiger charge is 2.03. The zero-order valence-corrected chi connectivity index (χ0v) is 14.5. The number of hydrogen-bond donors (Lipinski definition) is 1. The summed E-state index contributed by atoms with van der Waals surface area (Å²) in [5.41, 5.74) is 1.00. The highest BCUT2D eigenvalue weighted by molar-refractivity contribution is 5.93. The van der Waals surface area contributed by atoms with Crippen LogP contribution in [0.25, 0.3) is 0 Å². The van der Waals surface area contributed by atoms with E-state index in [4.69, 9.17) is 5.11 Å². The monoisotopic (exact) mass is 310 g/mol. The van der Waals surface area contributed by atoms with Crippen LogP contribution >= 0.6 is 0 Å². The molecule has 0 aliphatic rings. The Kier molecular flexibility index (Phi) is 14.0. The summed E-state index contributed by atoms with van der Waals surface area (Å²) in [4.78, 5) is 22.0. The molecule has 0 bridgehead atoms. The van der Waals surface area contributed by atoms with Crippen LogP contribution in [0.15, 0.2) is 11.6 Å². The van der Waals surface area contributed by atoms with Crippen LogP contribution in [0.3, 0.4) is 0 Å². The van der Waals surface area contributed by atoms with E-state index in [0.29, 0.717) is 0 Å². The molecular formula is C19H34O3. The molecule has 0 aromatic carbocycles. The smallest absolute Gasteiger partial charge is 0.303 e. The van der Waals surface area contributed by atoms with Gasteiger partial charge in [-0.3, -0.25) is 9.59 Å². The van der Waals surface area contributed by atoms with Crippen LogP contribution < -0.4 is 0 Å². The summed E-state index contributed by atoms with van der Waals surface area (Å²) in [5.74, 6) is -0.482. The fraction of sp³-hybridized carbons (Fsp3) is 0.789. The van der Waals surface area contributed by atoms with Crippen molar-refractivity contribution >= 4 is 11.8 Å². The third kappa shape index (κ3) is 13.8. The van der Waals surface area contributed by atoms with E-state index in [0.717, 1.165) is 56.9 Å². The molecule has 0 amide bonds. The average molecular weight is 310 g/mol. The molecule has 1 N–H and O–H groups in total. The SMILES string of the molecule is CCCCCCC/C(=C\CCCCCCCC(=O)O)C(C)=O. The molecule has 0 atom stereocenters. The molecule has 0 fully saturated rings. The number of rotatable bonds is 15. The first-order valence-corrected chi connectivity index (χ1v) is 8.99. The molecule has 0 aliphatic carbocycles. The van der Waals surface area contributed by atoms with Gasteiger partial charge in [0, 0.05) is 6.42 Å². The molecule has 0 aromatic heterocycles. The minimum atomic E-state index is -0.701. The second kappa shape index (κ2) is 14.8. The zero-order chi connectivity index (χ0) is 16.6. The van der Waals surface area contributed by atoms with Crippen molar-refractivity contribution in [2.75, 3.05) is 0 Å². The van der Waals surface area contributed by atoms with Crippen molar-refractivity contribution < 1.29 is 14.7 Å². The number of aliphatic carboxylic acids is 1. The Balaban J connectivity index is 3.70. The summed E-state index contributed by atoms with van der Waals surface area (Å²) in [5, 5.41) is 8.55. The molecule has 0 unspecified atom stereocenters. The first-order valence-electron chi connectivity index (χ1n) is 8.99. The molecule has 0 saturated heterocycles. The van der Waals surface area contributed by atoms with Crippen LogP contribution in [0.2, 0.25) is 0 Å². The molecule has 128 valence electrons. The van der Waals surface area contributed by atoms with Crippen molar-refractivity contribution in [3.63, 3.8) is 0 Å². The number of allylic oxidation sites excluding steroid dienone is 2. The second-order valence-corrected chi connectivity index (χ2v) is 6.15. The molecule has 0 aromatic rings. The normalized spacial score (nSPS) is 11.6. The van der Waals surface area contributed by atoms with Crippen molar-refractivity contribution in [3.8, 4) is 0 Å². The van der Waals surface area contributed by atoms with E-state index >= 15 is 0 Å². The molecule has 22 heavy (non-hydrogen) atoms. The van der Waals surface area contributed by atoms with E-state index in [9.17, 15) is 9.59 Å². The van der Waals surface area contributed by atoms with Gasteiger partial charge < -0.3 is 5.11 Å². The summed E-state index contributed by atoms with van der Waals surface area (Å²) in [6.07, 6.45) is 15.6. The fourth-order valence-electron chi connectivity index (χ4n) is 2.57. The first-order chi connectivity index (χ1) is 10.6. The number of ketones is 1. The minimum absolute atomic E-state index is 0.219. The number of carboxylic acid groups (broad SMARTS) is 1. The van der Waals surface area contributed by atoms with Crippen LogP contribution in [0.5, 0.6) is 0 Å². The van der Waals surface area contributed by atoms with Crippen LogP contribution in [0.4, 0.5) is 0 Å². The summed E-state index contributed by atoms with van der Waals surface area (Å²) in [6, 6.07) is 0. The maximum atomic E-state index is 11.6. The van der Waals surface area contributed by atoms with E-state index in [1.54, 1.807) is 6.92 Å². The summed E-state index contributed by atoms with van der Waals surface area (Å²) >= 11 is 0. The average Bonchev–Trinajstić information content (AvgIpc) is 2.46. The standard InChI is InChI=1S/C19H34O3/c1-3-4-5-8-11-14-18(17(2)20)15-12-9-6-7-10-13-16-19(21)22/h15H,3-14,16H2,1-2H3,(H,21,22)/b18-15+. The van der Waals surface area contributed by atoms with Gasteiger partial charge in [-0.25, -0.2) is 0 Å². The van der Waals surface area contributed by atoms with Gasteiger partial charge >= 0.3 is 5.97 Å². The summed E-state index contributed by atoms with van der Waals surface area (Å²) in [7, 11) is 0. The Bertz CT molecular complexity index is 332. The highest BCUT2D eigenvalue weighted by Crippen LogP contribution is 2.14. The van der Waals surface area contributed by atoms with Gasteiger partial charge in [0.05, 0.1) is 0 Å². The van der Waals surface area contributed by atoms with E-state index in [2.05, 4.69) is 13.0 Å². The molecule has 3 heteroatoms. The number of carbonyl (C=O) groups excluding carboxylic acids is 1. The Morgan fingerprint density at radius 1 is 0.818 bits per heavy atom. The maximum absolute atomic E-state index is 11.6. The third-order valence-corrected chi connectivity index (χ3v) is 3.99. The number of unbranched alkanes of at least 4 members (excludes halogenated alkanes) is 9. The Morgan fingerprint density at radius 3 is 1.95 bits per heavy atom. The lowest BCUT2D eigenvalue weighted by Crippen LogP contribution is -1.97. The summed E-state index contributed by atoms with van der Waals surface area (Å²) < 4.78 is 0. The van der Waals surface area contributed by atoms with Crippen LogP contribution in [-0.2, 0) is 9.59 Å². The fourth-order valence-corrected chi connectivity index (χ4v) is 2.57. The first kappa shape index (κ1) is 20.9. The van der Waals surface area contributed by atoms with Gasteiger partial charge in [-0.05, 0) is 44.6 Å². The largest absolute Gasteiger partial charge is 0.481 e. The number of carbonyl (C=O) groups is 2. The highest BCUT2D eigenvalue weighted by atomic mass is 16.4. The molecular weight excluding hydrogens is 276 g/mol. The van der Waals surface area contributed by atoms with Gasteiger partial charge in [-0.1, -0.05) is 57.9 Å². The molecule has 3 nitrogen and oxygen atoms in total. The molecule has 0 saturated carbocycles. The number of carboxylic acids is 1. The van der Waals surface area contributed by atoms with E-state index in [-0.39, 0.29) is 12.2 Å². The predicted molar refractivity (Wildman–Crippen MR) is 92.1 cm³/mol. The quantitative estimate of drug-likeness (QED) is 0.313. The van der Waals surface area contributed by atoms with Crippen LogP contribution in [0.1, 0.15) is 97.3 Å². The van der Waals surface area contributed by atoms with Gasteiger partial charge in [0.2, 0.25) is 0 Å². The van der Waals surface area contributed by atoms with Gasteiger partial charge in [-0.15, -0.1) is 0 Å². The third-order valence-electron chi connectivity index (χ3n) is 3.99. The van der Waals surface area contributed by atoms with Crippen molar-refractivity contribution in [2.45, 2.75) is 97.3 Å². The molecule has 0 spiro atoms. The van der Waals surface area contributed by atoms with E-state index in [1.165, 1.54) is 25.7 Å². The molecule has 0 radical (unpaired) electrons. The van der Waals surface area contributed by atoms with Gasteiger partial charge in [0.1, 0.15) is 0 Å². The Hall–Kier alpha value is -1.12. The van der Waals surface area contributed by atoms with E-state index < -0.39 is 5.97 Å². The van der Waals surface area contributed by atoms with Crippen molar-refractivity contribution in [1.82, 2.24) is 0 Å². The van der Waals surface area contributed by atoms with Gasteiger partial charge in [0.25, 0.3) is 0 Å². The molecule has 0 aliphatic heterocycles. The number of Topliss-reactive ketones (excluding diaryl/α,β-unsaturated/α-hetero) is 1. The van der Waals surface area contributed by atoms with Crippen LogP contribution in [-0.4, -0.2) is 16.9 Å².